The average Bonchev–Trinajstić information content (AvgIpc) is 3.00. The smallest absolute Gasteiger partial charge is 0.317 e. The molecular formula is C19H26N4O2. The number of rotatable bonds is 3. The Bertz CT molecular complexity index is 758. The second-order valence-corrected chi connectivity index (χ2v) is 7.61. The van der Waals surface area contributed by atoms with E-state index in [2.05, 4.69) is 28.3 Å². The van der Waals surface area contributed by atoms with Gasteiger partial charge in [-0.2, -0.15) is 0 Å². The van der Waals surface area contributed by atoms with Crippen LogP contribution in [0.2, 0.25) is 0 Å². The SMILES string of the molecule is Cc1cc(OC2CN(C(=O)NC3CCC(C)CC3)C2)c2nc[nH]c2c1. The first-order valence-corrected chi connectivity index (χ1v) is 9.24. The quantitative estimate of drug-likeness (QED) is 0.900. The average molecular weight is 342 g/mol. The first kappa shape index (κ1) is 16.2. The molecule has 25 heavy (non-hydrogen) atoms. The lowest BCUT2D eigenvalue weighted by Crippen LogP contribution is -2.60. The fourth-order valence-electron chi connectivity index (χ4n) is 3.77. The van der Waals surface area contributed by atoms with Crippen molar-refractivity contribution in [2.45, 2.75) is 51.7 Å². The van der Waals surface area contributed by atoms with Crippen molar-refractivity contribution in [3.05, 3.63) is 24.0 Å². The van der Waals surface area contributed by atoms with E-state index in [1.165, 1.54) is 12.8 Å². The number of likely N-dealkylation sites (tertiary alicyclic amines) is 1. The molecule has 4 rings (SSSR count). The summed E-state index contributed by atoms with van der Waals surface area (Å²) in [4.78, 5) is 21.6. The van der Waals surface area contributed by atoms with Crippen LogP contribution in [0.1, 0.15) is 38.2 Å². The summed E-state index contributed by atoms with van der Waals surface area (Å²) < 4.78 is 6.08. The molecule has 1 saturated heterocycles. The highest BCUT2D eigenvalue weighted by Gasteiger charge is 2.34. The van der Waals surface area contributed by atoms with Crippen LogP contribution in [0.5, 0.6) is 5.75 Å². The summed E-state index contributed by atoms with van der Waals surface area (Å²) in [6.07, 6.45) is 6.34. The number of amides is 2. The summed E-state index contributed by atoms with van der Waals surface area (Å²) >= 11 is 0. The molecule has 1 aliphatic carbocycles. The van der Waals surface area contributed by atoms with Gasteiger partial charge in [0.2, 0.25) is 0 Å². The molecule has 1 aliphatic heterocycles. The van der Waals surface area contributed by atoms with Gasteiger partial charge in [-0.1, -0.05) is 6.92 Å². The zero-order valence-corrected chi connectivity index (χ0v) is 14.9. The van der Waals surface area contributed by atoms with Gasteiger partial charge in [-0.05, 0) is 56.2 Å². The summed E-state index contributed by atoms with van der Waals surface area (Å²) in [6, 6.07) is 4.45. The number of ether oxygens (including phenoxy) is 1. The predicted molar refractivity (Wildman–Crippen MR) is 96.8 cm³/mol. The topological polar surface area (TPSA) is 70.2 Å². The van der Waals surface area contributed by atoms with Crippen molar-refractivity contribution in [2.75, 3.05) is 13.1 Å². The van der Waals surface area contributed by atoms with Gasteiger partial charge in [-0.3, -0.25) is 0 Å². The molecule has 2 heterocycles. The number of aromatic amines is 1. The minimum Gasteiger partial charge on any atom is -0.484 e. The van der Waals surface area contributed by atoms with Crippen LogP contribution in [0.3, 0.4) is 0 Å². The number of H-pyrrole nitrogens is 1. The van der Waals surface area contributed by atoms with E-state index in [1.54, 1.807) is 6.33 Å². The van der Waals surface area contributed by atoms with Gasteiger partial charge in [-0.25, -0.2) is 9.78 Å². The first-order chi connectivity index (χ1) is 12.1. The van der Waals surface area contributed by atoms with Crippen LogP contribution in [0.4, 0.5) is 4.79 Å². The highest BCUT2D eigenvalue weighted by atomic mass is 16.5. The van der Waals surface area contributed by atoms with Gasteiger partial charge in [0.25, 0.3) is 0 Å². The van der Waals surface area contributed by atoms with Crippen molar-refractivity contribution in [2.24, 2.45) is 5.92 Å². The molecule has 6 nitrogen and oxygen atoms in total. The van der Waals surface area contributed by atoms with Gasteiger partial charge in [0.1, 0.15) is 17.4 Å². The van der Waals surface area contributed by atoms with Gasteiger partial charge < -0.3 is 19.9 Å². The van der Waals surface area contributed by atoms with Crippen molar-refractivity contribution >= 4 is 17.1 Å². The molecule has 6 heteroatoms. The van der Waals surface area contributed by atoms with Crippen LogP contribution in [0.25, 0.3) is 11.0 Å². The lowest BCUT2D eigenvalue weighted by atomic mass is 9.87. The van der Waals surface area contributed by atoms with Crippen LogP contribution in [0.15, 0.2) is 18.5 Å². The zero-order chi connectivity index (χ0) is 17.4. The van der Waals surface area contributed by atoms with Crippen molar-refractivity contribution in [3.8, 4) is 5.75 Å². The van der Waals surface area contributed by atoms with Crippen molar-refractivity contribution < 1.29 is 9.53 Å². The maximum absolute atomic E-state index is 12.3. The maximum atomic E-state index is 12.3. The molecule has 1 aromatic carbocycles. The summed E-state index contributed by atoms with van der Waals surface area (Å²) in [5.41, 5.74) is 2.97. The molecule has 2 N–H and O–H groups in total. The minimum atomic E-state index is 0.0406. The van der Waals surface area contributed by atoms with Crippen LogP contribution >= 0.6 is 0 Å². The molecule has 1 aromatic heterocycles. The van der Waals surface area contributed by atoms with Gasteiger partial charge >= 0.3 is 6.03 Å². The largest absolute Gasteiger partial charge is 0.484 e. The number of hydrogen-bond donors (Lipinski definition) is 2. The predicted octanol–water partition coefficient (Wildman–Crippen LogP) is 3.22. The van der Waals surface area contributed by atoms with E-state index in [0.29, 0.717) is 19.1 Å². The highest BCUT2D eigenvalue weighted by Crippen LogP contribution is 2.28. The van der Waals surface area contributed by atoms with E-state index in [-0.39, 0.29) is 12.1 Å². The lowest BCUT2D eigenvalue weighted by molar-refractivity contribution is 0.0436. The molecule has 2 aliphatic rings. The summed E-state index contributed by atoms with van der Waals surface area (Å²) in [5, 5.41) is 3.17. The lowest BCUT2D eigenvalue weighted by Gasteiger charge is -2.40. The molecular weight excluding hydrogens is 316 g/mol. The number of nitrogens with one attached hydrogen (secondary N) is 2. The number of hydrogen-bond acceptors (Lipinski definition) is 3. The van der Waals surface area contributed by atoms with Crippen molar-refractivity contribution in [1.82, 2.24) is 20.2 Å². The van der Waals surface area contributed by atoms with E-state index in [1.807, 2.05) is 17.9 Å². The molecule has 1 saturated carbocycles. The van der Waals surface area contributed by atoms with Gasteiger partial charge in [0, 0.05) is 6.04 Å². The molecule has 2 fully saturated rings. The van der Waals surface area contributed by atoms with Crippen molar-refractivity contribution in [3.63, 3.8) is 0 Å². The number of aromatic nitrogens is 2. The third-order valence-corrected chi connectivity index (χ3v) is 5.41. The number of carbonyl (C=O) groups is 1. The van der Waals surface area contributed by atoms with Crippen LogP contribution in [-0.4, -0.2) is 46.1 Å². The Kier molecular flexibility index (Phi) is 4.27. The number of urea groups is 1. The van der Waals surface area contributed by atoms with E-state index >= 15 is 0 Å². The second-order valence-electron chi connectivity index (χ2n) is 7.61. The summed E-state index contributed by atoms with van der Waals surface area (Å²) in [6.45, 7) is 5.60. The second kappa shape index (κ2) is 6.58. The normalized spacial score (nSPS) is 24.2. The Hall–Kier alpha value is -2.24. The van der Waals surface area contributed by atoms with Gasteiger partial charge in [0.15, 0.2) is 0 Å². The van der Waals surface area contributed by atoms with E-state index in [4.69, 9.17) is 4.74 Å². The number of fused-ring (bicyclic) bond motifs is 1. The highest BCUT2D eigenvalue weighted by molar-refractivity contribution is 5.82. The standard InChI is InChI=1S/C19H26N4O2/c1-12-3-5-14(6-4-12)22-19(24)23-9-15(10-23)25-17-8-13(2)7-16-18(17)21-11-20-16/h7-8,11-12,14-15H,3-6,9-10H2,1-2H3,(H,20,21)(H,22,24). The van der Waals surface area contributed by atoms with E-state index in [9.17, 15) is 4.79 Å². The van der Waals surface area contributed by atoms with Crippen molar-refractivity contribution in [1.29, 1.82) is 0 Å². The Morgan fingerprint density at radius 2 is 2.04 bits per heavy atom. The summed E-state index contributed by atoms with van der Waals surface area (Å²) in [7, 11) is 0. The fraction of sp³-hybridized carbons (Fsp3) is 0.579. The maximum Gasteiger partial charge on any atom is 0.317 e. The molecule has 0 spiro atoms. The molecule has 0 unspecified atom stereocenters. The zero-order valence-electron chi connectivity index (χ0n) is 14.9. The number of nitrogens with zero attached hydrogens (tertiary/aromatic N) is 2. The monoisotopic (exact) mass is 342 g/mol. The molecule has 134 valence electrons. The number of imidazole rings is 1. The molecule has 0 bridgehead atoms. The molecule has 2 aromatic rings. The Morgan fingerprint density at radius 1 is 1.28 bits per heavy atom. The van der Waals surface area contributed by atoms with E-state index in [0.717, 1.165) is 41.1 Å². The van der Waals surface area contributed by atoms with Crippen LogP contribution in [-0.2, 0) is 0 Å². The van der Waals surface area contributed by atoms with Gasteiger partial charge in [0.05, 0.1) is 24.9 Å². The fourth-order valence-corrected chi connectivity index (χ4v) is 3.77. The molecule has 0 radical (unpaired) electrons. The summed E-state index contributed by atoms with van der Waals surface area (Å²) in [5.74, 6) is 1.59. The Labute approximate surface area is 147 Å². The number of aryl methyl sites for hydroxylation is 1. The molecule has 2 amide bonds. The minimum absolute atomic E-state index is 0.0406. The Balaban J connectivity index is 1.30. The third-order valence-electron chi connectivity index (χ3n) is 5.41. The van der Waals surface area contributed by atoms with Crippen LogP contribution in [0, 0.1) is 12.8 Å². The number of carbonyl (C=O) groups excluding carboxylic acids is 1. The Morgan fingerprint density at radius 3 is 2.80 bits per heavy atom. The van der Waals surface area contributed by atoms with Crippen LogP contribution < -0.4 is 10.1 Å². The molecule has 0 atom stereocenters. The first-order valence-electron chi connectivity index (χ1n) is 9.24. The number of benzene rings is 1. The van der Waals surface area contributed by atoms with E-state index < -0.39 is 0 Å². The third kappa shape index (κ3) is 3.43. The van der Waals surface area contributed by atoms with Gasteiger partial charge in [-0.15, -0.1) is 0 Å².